The highest BCUT2D eigenvalue weighted by Gasteiger charge is 2.07. The Labute approximate surface area is 146 Å². The predicted molar refractivity (Wildman–Crippen MR) is 99.7 cm³/mol. The van der Waals surface area contributed by atoms with Crippen LogP contribution in [0.2, 0.25) is 0 Å². The number of ether oxygens (including phenoxy) is 2. The first kappa shape index (κ1) is 16.3. The fourth-order valence-corrected chi connectivity index (χ4v) is 3.17. The number of methoxy groups -OCH3 is 1. The van der Waals surface area contributed by atoms with Gasteiger partial charge in [0.1, 0.15) is 11.5 Å². The molecule has 124 valence electrons. The molecule has 1 N–H and O–H groups in total. The second kappa shape index (κ2) is 7.36. The van der Waals surface area contributed by atoms with Crippen molar-refractivity contribution < 1.29 is 9.47 Å². The van der Waals surface area contributed by atoms with Crippen molar-refractivity contribution in [2.75, 3.05) is 19.0 Å². The Hall–Kier alpha value is -2.53. The fourth-order valence-electron chi connectivity index (χ4n) is 2.43. The van der Waals surface area contributed by atoms with E-state index in [1.165, 1.54) is 0 Å². The number of aryl methyl sites for hydroxylation is 1. The van der Waals surface area contributed by atoms with E-state index in [1.807, 2.05) is 50.2 Å². The van der Waals surface area contributed by atoms with Gasteiger partial charge >= 0.3 is 0 Å². The van der Waals surface area contributed by atoms with Gasteiger partial charge < -0.3 is 14.8 Å². The molecule has 0 spiro atoms. The van der Waals surface area contributed by atoms with E-state index in [-0.39, 0.29) is 0 Å². The van der Waals surface area contributed by atoms with Crippen LogP contribution in [0.15, 0.2) is 47.8 Å². The molecule has 0 amide bonds. The summed E-state index contributed by atoms with van der Waals surface area (Å²) in [6.07, 6.45) is 0. The lowest BCUT2D eigenvalue weighted by atomic mass is 10.1. The summed E-state index contributed by atoms with van der Waals surface area (Å²) in [5.41, 5.74) is 4.14. The molecular formula is C19H20N2O2S. The molecule has 0 fully saturated rings. The van der Waals surface area contributed by atoms with Crippen LogP contribution in [0.3, 0.4) is 0 Å². The van der Waals surface area contributed by atoms with Gasteiger partial charge in [0.05, 0.1) is 19.4 Å². The monoisotopic (exact) mass is 340 g/mol. The molecule has 2 aromatic carbocycles. The zero-order valence-corrected chi connectivity index (χ0v) is 14.8. The standard InChI is InChI=1S/C19H20N2O2S/c1-4-23-16-8-6-15(7-9-16)20-19-21-17(12-24-19)14-5-10-18(22-3)13(2)11-14/h5-12H,4H2,1-3H3,(H,20,21). The maximum Gasteiger partial charge on any atom is 0.187 e. The van der Waals surface area contributed by atoms with Gasteiger partial charge in [0.15, 0.2) is 5.13 Å². The molecule has 3 aromatic rings. The molecule has 0 aliphatic carbocycles. The minimum atomic E-state index is 0.671. The van der Waals surface area contributed by atoms with Crippen LogP contribution in [0.5, 0.6) is 11.5 Å². The third kappa shape index (κ3) is 3.68. The summed E-state index contributed by atoms with van der Waals surface area (Å²) in [5.74, 6) is 1.76. The first-order chi connectivity index (χ1) is 11.7. The van der Waals surface area contributed by atoms with Crippen LogP contribution < -0.4 is 14.8 Å². The third-order valence-electron chi connectivity index (χ3n) is 3.61. The molecule has 0 aliphatic rings. The van der Waals surface area contributed by atoms with Crippen molar-refractivity contribution in [1.82, 2.24) is 4.98 Å². The minimum absolute atomic E-state index is 0.671. The summed E-state index contributed by atoms with van der Waals surface area (Å²) in [6, 6.07) is 14.0. The van der Waals surface area contributed by atoms with Gasteiger partial charge in [-0.1, -0.05) is 0 Å². The molecule has 0 aliphatic heterocycles. The number of thiazole rings is 1. The maximum absolute atomic E-state index is 5.45. The quantitative estimate of drug-likeness (QED) is 0.664. The molecule has 1 aromatic heterocycles. The summed E-state index contributed by atoms with van der Waals surface area (Å²) in [7, 11) is 1.68. The Morgan fingerprint density at radius 1 is 1.12 bits per heavy atom. The molecule has 0 atom stereocenters. The Morgan fingerprint density at radius 3 is 2.58 bits per heavy atom. The van der Waals surface area contributed by atoms with E-state index in [0.29, 0.717) is 6.61 Å². The first-order valence-electron chi connectivity index (χ1n) is 7.80. The van der Waals surface area contributed by atoms with Gasteiger partial charge in [-0.15, -0.1) is 11.3 Å². The van der Waals surface area contributed by atoms with Crippen LogP contribution in [-0.2, 0) is 0 Å². The summed E-state index contributed by atoms with van der Waals surface area (Å²) in [5, 5.41) is 6.24. The van der Waals surface area contributed by atoms with Crippen molar-refractivity contribution in [3.05, 3.63) is 53.4 Å². The third-order valence-corrected chi connectivity index (χ3v) is 4.37. The number of hydrogen-bond acceptors (Lipinski definition) is 5. The Bertz CT molecular complexity index is 812. The minimum Gasteiger partial charge on any atom is -0.496 e. The average molecular weight is 340 g/mol. The summed E-state index contributed by atoms with van der Waals surface area (Å²) >= 11 is 1.58. The van der Waals surface area contributed by atoms with Gasteiger partial charge in [0.2, 0.25) is 0 Å². The summed E-state index contributed by atoms with van der Waals surface area (Å²) < 4.78 is 10.8. The maximum atomic E-state index is 5.45. The Balaban J connectivity index is 1.74. The normalized spacial score (nSPS) is 10.5. The average Bonchev–Trinajstić information content (AvgIpc) is 3.05. The first-order valence-corrected chi connectivity index (χ1v) is 8.68. The number of nitrogens with one attached hydrogen (secondary N) is 1. The zero-order chi connectivity index (χ0) is 16.9. The van der Waals surface area contributed by atoms with E-state index in [1.54, 1.807) is 18.4 Å². The van der Waals surface area contributed by atoms with Crippen molar-refractivity contribution in [2.24, 2.45) is 0 Å². The molecule has 0 unspecified atom stereocenters. The van der Waals surface area contributed by atoms with E-state index < -0.39 is 0 Å². The van der Waals surface area contributed by atoms with Crippen LogP contribution in [0, 0.1) is 6.92 Å². The molecular weight excluding hydrogens is 320 g/mol. The predicted octanol–water partition coefficient (Wildman–Crippen LogP) is 5.27. The molecule has 5 heteroatoms. The van der Waals surface area contributed by atoms with E-state index in [0.717, 1.165) is 39.1 Å². The van der Waals surface area contributed by atoms with Crippen molar-refractivity contribution in [3.63, 3.8) is 0 Å². The van der Waals surface area contributed by atoms with Gasteiger partial charge in [0.25, 0.3) is 0 Å². The van der Waals surface area contributed by atoms with Crippen LogP contribution in [-0.4, -0.2) is 18.7 Å². The van der Waals surface area contributed by atoms with Crippen LogP contribution in [0.1, 0.15) is 12.5 Å². The molecule has 24 heavy (non-hydrogen) atoms. The van der Waals surface area contributed by atoms with Crippen molar-refractivity contribution in [1.29, 1.82) is 0 Å². The van der Waals surface area contributed by atoms with Crippen molar-refractivity contribution >= 4 is 22.2 Å². The lowest BCUT2D eigenvalue weighted by Crippen LogP contribution is -1.93. The highest BCUT2D eigenvalue weighted by molar-refractivity contribution is 7.14. The lowest BCUT2D eigenvalue weighted by Gasteiger charge is -2.06. The number of hydrogen-bond donors (Lipinski definition) is 1. The number of benzene rings is 2. The highest BCUT2D eigenvalue weighted by atomic mass is 32.1. The van der Waals surface area contributed by atoms with Crippen LogP contribution >= 0.6 is 11.3 Å². The number of anilines is 2. The van der Waals surface area contributed by atoms with Gasteiger partial charge in [-0.05, 0) is 61.9 Å². The van der Waals surface area contributed by atoms with Gasteiger partial charge in [0, 0.05) is 16.6 Å². The molecule has 0 radical (unpaired) electrons. The number of rotatable bonds is 6. The summed E-state index contributed by atoms with van der Waals surface area (Å²) in [6.45, 7) is 4.68. The molecule has 0 saturated heterocycles. The SMILES string of the molecule is CCOc1ccc(Nc2nc(-c3ccc(OC)c(C)c3)cs2)cc1. The van der Waals surface area contributed by atoms with Crippen LogP contribution in [0.25, 0.3) is 11.3 Å². The number of nitrogens with zero attached hydrogens (tertiary/aromatic N) is 1. The summed E-state index contributed by atoms with van der Waals surface area (Å²) in [4.78, 5) is 4.67. The Morgan fingerprint density at radius 2 is 1.92 bits per heavy atom. The van der Waals surface area contributed by atoms with Gasteiger partial charge in [-0.2, -0.15) is 0 Å². The zero-order valence-electron chi connectivity index (χ0n) is 14.0. The molecule has 0 saturated carbocycles. The largest absolute Gasteiger partial charge is 0.496 e. The van der Waals surface area contributed by atoms with E-state index in [4.69, 9.17) is 9.47 Å². The Kier molecular flexibility index (Phi) is 5.01. The molecule has 4 nitrogen and oxygen atoms in total. The molecule has 3 rings (SSSR count). The van der Waals surface area contributed by atoms with Crippen LogP contribution in [0.4, 0.5) is 10.8 Å². The fraction of sp³-hybridized carbons (Fsp3) is 0.211. The lowest BCUT2D eigenvalue weighted by molar-refractivity contribution is 0.340. The van der Waals surface area contributed by atoms with Gasteiger partial charge in [-0.25, -0.2) is 4.98 Å². The van der Waals surface area contributed by atoms with Crippen molar-refractivity contribution in [3.8, 4) is 22.8 Å². The van der Waals surface area contributed by atoms with Crippen molar-refractivity contribution in [2.45, 2.75) is 13.8 Å². The smallest absolute Gasteiger partial charge is 0.187 e. The van der Waals surface area contributed by atoms with E-state index >= 15 is 0 Å². The van der Waals surface area contributed by atoms with E-state index in [9.17, 15) is 0 Å². The number of aromatic nitrogens is 1. The van der Waals surface area contributed by atoms with Gasteiger partial charge in [-0.3, -0.25) is 0 Å². The highest BCUT2D eigenvalue weighted by Crippen LogP contribution is 2.30. The molecule has 0 bridgehead atoms. The second-order valence-corrected chi connectivity index (χ2v) is 6.16. The molecule has 1 heterocycles. The second-order valence-electron chi connectivity index (χ2n) is 5.30. The topological polar surface area (TPSA) is 43.4 Å². The van der Waals surface area contributed by atoms with E-state index in [2.05, 4.69) is 21.7 Å².